The number of nitrogens with one attached hydrogen (secondary N) is 1. The van der Waals surface area contributed by atoms with E-state index in [1.807, 2.05) is 37.3 Å². The van der Waals surface area contributed by atoms with Crippen molar-refractivity contribution in [3.05, 3.63) is 93.7 Å². The van der Waals surface area contributed by atoms with Crippen LogP contribution in [0.3, 0.4) is 0 Å². The zero-order chi connectivity index (χ0) is 30.5. The molecule has 2 aromatic heterocycles. The first-order valence-corrected chi connectivity index (χ1v) is 14.4. The van der Waals surface area contributed by atoms with Crippen molar-refractivity contribution in [2.45, 2.75) is 26.4 Å². The summed E-state index contributed by atoms with van der Waals surface area (Å²) in [6.45, 7) is 2.38. The van der Waals surface area contributed by atoms with Gasteiger partial charge in [0.25, 0.3) is 0 Å². The van der Waals surface area contributed by atoms with Crippen molar-refractivity contribution >= 4 is 94.2 Å². The number of ether oxygens (including phenoxy) is 1. The molecular formula is C32H31Cl4N5O4. The molecule has 0 atom stereocenters. The van der Waals surface area contributed by atoms with Gasteiger partial charge < -0.3 is 15.0 Å². The number of anilines is 2. The average Bonchev–Trinajstić information content (AvgIpc) is 3.44. The number of likely N-dealkylation sites (N-methyl/N-ethyl adjacent to an activating group) is 1. The van der Waals surface area contributed by atoms with Gasteiger partial charge in [-0.15, -0.1) is 24.8 Å². The van der Waals surface area contributed by atoms with Crippen molar-refractivity contribution in [3.63, 3.8) is 0 Å². The number of benzene rings is 2. The Kier molecular flexibility index (Phi) is 12.6. The molecule has 4 aromatic rings. The van der Waals surface area contributed by atoms with Gasteiger partial charge in [-0.2, -0.15) is 0 Å². The van der Waals surface area contributed by atoms with E-state index in [2.05, 4.69) is 15.3 Å². The van der Waals surface area contributed by atoms with Crippen LogP contribution in [0.4, 0.5) is 11.5 Å². The van der Waals surface area contributed by atoms with Gasteiger partial charge in [0.15, 0.2) is 0 Å². The number of rotatable bonds is 9. The minimum absolute atomic E-state index is 0. The predicted octanol–water partition coefficient (Wildman–Crippen LogP) is 6.59. The Balaban J connectivity index is 0.00000276. The summed E-state index contributed by atoms with van der Waals surface area (Å²) >= 11 is 13.2. The predicted molar refractivity (Wildman–Crippen MR) is 183 cm³/mol. The highest BCUT2D eigenvalue weighted by Crippen LogP contribution is 2.35. The zero-order valence-electron chi connectivity index (χ0n) is 24.5. The second-order valence-electron chi connectivity index (χ2n) is 10.0. The molecule has 1 N–H and O–H groups in total. The SMILES string of the molecule is Cc1ccc2cccc(OCc3c(Cl)ccc(N(C)C(=O)CNC(=O)/C=C/c4ccc(N5CCCC5=O)nc4)c3Cl)c2n1.Cl.Cl. The molecule has 0 unspecified atom stereocenters. The molecule has 0 radical (unpaired) electrons. The Morgan fingerprint density at radius 2 is 1.89 bits per heavy atom. The maximum atomic E-state index is 12.9. The molecule has 0 saturated carbocycles. The van der Waals surface area contributed by atoms with Crippen molar-refractivity contribution < 1.29 is 19.1 Å². The average molecular weight is 691 g/mol. The van der Waals surface area contributed by atoms with E-state index >= 15 is 0 Å². The quantitative estimate of drug-likeness (QED) is 0.199. The monoisotopic (exact) mass is 689 g/mol. The number of carbonyl (C=O) groups is 3. The van der Waals surface area contributed by atoms with Crippen LogP contribution in [0.2, 0.25) is 10.0 Å². The molecule has 13 heteroatoms. The van der Waals surface area contributed by atoms with Gasteiger partial charge in [0.1, 0.15) is 23.7 Å². The van der Waals surface area contributed by atoms with Gasteiger partial charge in [0.05, 0.1) is 17.3 Å². The highest BCUT2D eigenvalue weighted by atomic mass is 35.5. The maximum absolute atomic E-state index is 12.9. The Morgan fingerprint density at radius 3 is 2.60 bits per heavy atom. The topological polar surface area (TPSA) is 105 Å². The number of pyridine rings is 2. The van der Waals surface area contributed by atoms with E-state index in [0.717, 1.165) is 23.0 Å². The van der Waals surface area contributed by atoms with E-state index < -0.39 is 5.91 Å². The first-order chi connectivity index (χ1) is 20.7. The first-order valence-electron chi connectivity index (χ1n) is 13.7. The van der Waals surface area contributed by atoms with Crippen molar-refractivity contribution in [3.8, 4) is 5.75 Å². The highest BCUT2D eigenvalue weighted by Gasteiger charge is 2.22. The summed E-state index contributed by atoms with van der Waals surface area (Å²) < 4.78 is 6.08. The van der Waals surface area contributed by atoms with Gasteiger partial charge in [-0.05, 0) is 61.4 Å². The number of halogens is 4. The van der Waals surface area contributed by atoms with Crippen LogP contribution in [0.15, 0.2) is 66.9 Å². The largest absolute Gasteiger partial charge is 0.487 e. The number of hydrogen-bond acceptors (Lipinski definition) is 6. The van der Waals surface area contributed by atoms with Crippen LogP contribution in [-0.2, 0) is 21.0 Å². The van der Waals surface area contributed by atoms with Crippen LogP contribution in [0.5, 0.6) is 5.75 Å². The van der Waals surface area contributed by atoms with Crippen LogP contribution in [0, 0.1) is 6.92 Å². The van der Waals surface area contributed by atoms with Gasteiger partial charge in [-0.25, -0.2) is 9.97 Å². The first kappa shape index (κ1) is 35.6. The molecule has 0 bridgehead atoms. The number of amides is 3. The van der Waals surface area contributed by atoms with Gasteiger partial charge >= 0.3 is 0 Å². The summed E-state index contributed by atoms with van der Waals surface area (Å²) in [5.74, 6) is 0.410. The van der Waals surface area contributed by atoms with E-state index in [0.29, 0.717) is 46.4 Å². The van der Waals surface area contributed by atoms with Crippen LogP contribution in [0.25, 0.3) is 17.0 Å². The van der Waals surface area contributed by atoms with E-state index in [1.165, 1.54) is 11.0 Å². The highest BCUT2D eigenvalue weighted by molar-refractivity contribution is 6.38. The number of para-hydroxylation sites is 1. The molecule has 3 heterocycles. The minimum Gasteiger partial charge on any atom is -0.487 e. The summed E-state index contributed by atoms with van der Waals surface area (Å²) in [4.78, 5) is 49.1. The fourth-order valence-electron chi connectivity index (χ4n) is 4.65. The molecule has 236 valence electrons. The maximum Gasteiger partial charge on any atom is 0.246 e. The van der Waals surface area contributed by atoms with Crippen LogP contribution < -0.4 is 19.9 Å². The van der Waals surface area contributed by atoms with Gasteiger partial charge in [0.2, 0.25) is 17.7 Å². The minimum atomic E-state index is -0.448. The van der Waals surface area contributed by atoms with Crippen molar-refractivity contribution in [1.29, 1.82) is 0 Å². The normalized spacial score (nSPS) is 12.5. The summed E-state index contributed by atoms with van der Waals surface area (Å²) in [6, 6.07) is 16.4. The molecule has 1 aliphatic rings. The lowest BCUT2D eigenvalue weighted by atomic mass is 10.1. The number of nitrogens with zero attached hydrogens (tertiary/aromatic N) is 4. The number of fused-ring (bicyclic) bond motifs is 1. The Labute approximate surface area is 283 Å². The molecule has 0 aliphatic carbocycles. The molecule has 45 heavy (non-hydrogen) atoms. The van der Waals surface area contributed by atoms with Gasteiger partial charge in [-0.3, -0.25) is 19.3 Å². The Morgan fingerprint density at radius 1 is 1.09 bits per heavy atom. The smallest absolute Gasteiger partial charge is 0.246 e. The number of aryl methyl sites for hydroxylation is 1. The lowest BCUT2D eigenvalue weighted by molar-refractivity contribution is -0.122. The fourth-order valence-corrected chi connectivity index (χ4v) is 5.26. The summed E-state index contributed by atoms with van der Waals surface area (Å²) in [7, 11) is 1.57. The third-order valence-corrected chi connectivity index (χ3v) is 7.83. The molecule has 0 spiro atoms. The second kappa shape index (κ2) is 15.9. The van der Waals surface area contributed by atoms with Gasteiger partial charge in [-0.1, -0.05) is 41.4 Å². The Hall–Kier alpha value is -3.89. The second-order valence-corrected chi connectivity index (χ2v) is 10.8. The number of aromatic nitrogens is 2. The lowest BCUT2D eigenvalue weighted by Crippen LogP contribution is -2.37. The number of hydrogen-bond donors (Lipinski definition) is 1. The zero-order valence-corrected chi connectivity index (χ0v) is 27.6. The number of carbonyl (C=O) groups excluding carboxylic acids is 3. The van der Waals surface area contributed by atoms with E-state index in [1.54, 1.807) is 48.5 Å². The lowest BCUT2D eigenvalue weighted by Gasteiger charge is -2.21. The third kappa shape index (κ3) is 8.43. The van der Waals surface area contributed by atoms with Gasteiger partial charge in [0, 0.05) is 54.0 Å². The molecular weight excluding hydrogens is 660 g/mol. The molecule has 1 fully saturated rings. The van der Waals surface area contributed by atoms with Crippen molar-refractivity contribution in [2.24, 2.45) is 0 Å². The van der Waals surface area contributed by atoms with Crippen molar-refractivity contribution in [1.82, 2.24) is 15.3 Å². The molecule has 3 amide bonds. The van der Waals surface area contributed by atoms with E-state index in [9.17, 15) is 14.4 Å². The Bertz CT molecular complexity index is 1730. The third-order valence-electron chi connectivity index (χ3n) is 7.06. The van der Waals surface area contributed by atoms with E-state index in [4.69, 9.17) is 27.9 Å². The van der Waals surface area contributed by atoms with Crippen LogP contribution in [-0.4, -0.2) is 47.8 Å². The summed E-state index contributed by atoms with van der Waals surface area (Å²) in [6.07, 6.45) is 5.84. The standard InChI is InChI=1S/C32H29Cl2N5O4.2ClH/c1-20-8-11-22-5-3-6-26(32(22)37-20)43-19-23-24(33)12-13-25(31(23)34)38(2)30(42)18-36-28(40)15-10-21-9-14-27(35-17-21)39-16-4-7-29(39)41;;/h3,5-6,8-15,17H,4,7,16,18-19H2,1-2H3,(H,36,40);2*1H/b15-10+;;. The van der Waals surface area contributed by atoms with E-state index in [-0.39, 0.29) is 54.8 Å². The van der Waals surface area contributed by atoms with Crippen LogP contribution >= 0.6 is 48.0 Å². The molecule has 9 nitrogen and oxygen atoms in total. The molecule has 1 saturated heterocycles. The summed E-state index contributed by atoms with van der Waals surface area (Å²) in [5.41, 5.74) is 3.23. The van der Waals surface area contributed by atoms with Crippen molar-refractivity contribution in [2.75, 3.05) is 29.9 Å². The van der Waals surface area contributed by atoms with Crippen LogP contribution in [0.1, 0.15) is 29.7 Å². The summed E-state index contributed by atoms with van der Waals surface area (Å²) in [5, 5.41) is 4.20. The fraction of sp³-hybridized carbons (Fsp3) is 0.219. The molecule has 5 rings (SSSR count). The molecule has 1 aliphatic heterocycles. The molecule has 2 aromatic carbocycles.